The second-order valence-corrected chi connectivity index (χ2v) is 7.62. The minimum atomic E-state index is -0.825. The third kappa shape index (κ3) is 27.2. The molecule has 36 heavy (non-hydrogen) atoms. The van der Waals surface area contributed by atoms with Gasteiger partial charge in [-0.25, -0.2) is 0 Å². The molecular weight excluding hydrogens is 514 g/mol. The maximum atomic E-state index is 11.6. The summed E-state index contributed by atoms with van der Waals surface area (Å²) in [5.41, 5.74) is 19.9. The Kier molecular flexibility index (Phi) is 24.7. The summed E-state index contributed by atoms with van der Waals surface area (Å²) in [6.07, 6.45) is 0.998. The average molecular weight is 554 g/mol. The van der Waals surface area contributed by atoms with Crippen LogP contribution in [0.15, 0.2) is 4.99 Å². The lowest BCUT2D eigenvalue weighted by atomic mass is 10.2. The standard InChI is InChI=1S/C13H23N5O5S2.C4H11N3.C2H5NO/c1-7(19)9(6-25)18-12(22)4-16-10(20)2-15-11(21)3-17-13(23)8(14)5-24;1-2-3-7-4(5)6;1-2(3)4/h8-9,24-25H,2-6,14H2,1H3,(H,15,21)(H,16,20)(H,17,23)(H,18,22);2-3H2,1H3,(H4,5,6,7);1H3,(H2,3,4). The van der Waals surface area contributed by atoms with Crippen molar-refractivity contribution in [1.29, 1.82) is 0 Å². The van der Waals surface area contributed by atoms with E-state index in [9.17, 15) is 28.8 Å². The van der Waals surface area contributed by atoms with Crippen LogP contribution in [0, 0.1) is 0 Å². The number of nitrogens with zero attached hydrogens (tertiary/aromatic N) is 1. The summed E-state index contributed by atoms with van der Waals surface area (Å²) in [6, 6.07) is -1.55. The number of ketones is 1. The molecule has 5 amide bonds. The monoisotopic (exact) mass is 553 g/mol. The van der Waals surface area contributed by atoms with Crippen molar-refractivity contribution in [2.45, 2.75) is 39.3 Å². The molecule has 0 radical (unpaired) electrons. The predicted octanol–water partition coefficient (Wildman–Crippen LogP) is -4.24. The molecule has 2 unspecified atom stereocenters. The predicted molar refractivity (Wildman–Crippen MR) is 143 cm³/mol. The van der Waals surface area contributed by atoms with Crippen LogP contribution in [0.1, 0.15) is 27.2 Å². The Morgan fingerprint density at radius 2 is 1.25 bits per heavy atom. The Morgan fingerprint density at radius 1 is 0.806 bits per heavy atom. The van der Waals surface area contributed by atoms with E-state index in [0.717, 1.165) is 13.0 Å². The molecule has 12 N–H and O–H groups in total. The van der Waals surface area contributed by atoms with Gasteiger partial charge in [-0.2, -0.15) is 25.3 Å². The van der Waals surface area contributed by atoms with Crippen molar-refractivity contribution >= 4 is 66.5 Å². The molecular formula is C19H39N9O6S2. The lowest BCUT2D eigenvalue weighted by Crippen LogP contribution is -2.48. The first-order valence-corrected chi connectivity index (χ1v) is 11.9. The van der Waals surface area contributed by atoms with E-state index in [0.29, 0.717) is 0 Å². The molecule has 0 aliphatic heterocycles. The molecule has 0 heterocycles. The lowest BCUT2D eigenvalue weighted by molar-refractivity contribution is -0.129. The molecule has 0 aromatic rings. The number of nitrogens with two attached hydrogens (primary N) is 4. The molecule has 0 saturated carbocycles. The second-order valence-electron chi connectivity index (χ2n) is 6.89. The molecule has 0 saturated heterocycles. The largest absolute Gasteiger partial charge is 0.370 e. The highest BCUT2D eigenvalue weighted by Gasteiger charge is 2.16. The summed E-state index contributed by atoms with van der Waals surface area (Å²) >= 11 is 7.79. The van der Waals surface area contributed by atoms with Gasteiger partial charge in [-0.15, -0.1) is 0 Å². The van der Waals surface area contributed by atoms with Gasteiger partial charge in [-0.3, -0.25) is 33.8 Å². The van der Waals surface area contributed by atoms with Crippen LogP contribution in [0.5, 0.6) is 0 Å². The number of hydrogen-bond acceptors (Lipinski definition) is 10. The number of aliphatic imine (C=N–C) groups is 1. The van der Waals surface area contributed by atoms with Crippen molar-refractivity contribution in [3.8, 4) is 0 Å². The molecule has 2 atom stereocenters. The zero-order chi connectivity index (χ0) is 28.7. The highest BCUT2D eigenvalue weighted by molar-refractivity contribution is 7.80. The fraction of sp³-hybridized carbons (Fsp3) is 0.632. The molecule has 0 bridgehead atoms. The fourth-order valence-corrected chi connectivity index (χ4v) is 2.14. The maximum absolute atomic E-state index is 11.6. The number of guanidine groups is 1. The van der Waals surface area contributed by atoms with Crippen molar-refractivity contribution in [2.75, 3.05) is 37.7 Å². The summed E-state index contributed by atoms with van der Waals surface area (Å²) in [7, 11) is 0. The van der Waals surface area contributed by atoms with E-state index in [1.165, 1.54) is 13.8 Å². The molecule has 208 valence electrons. The summed E-state index contributed by atoms with van der Waals surface area (Å²) in [5.74, 6) is -2.40. The molecule has 0 aromatic heterocycles. The van der Waals surface area contributed by atoms with Crippen LogP contribution < -0.4 is 44.2 Å². The van der Waals surface area contributed by atoms with Crippen LogP contribution in [0.3, 0.4) is 0 Å². The highest BCUT2D eigenvalue weighted by atomic mass is 32.1. The number of Topliss-reactive ketones (excluding diaryl/α,β-unsaturated/α-hetero) is 1. The zero-order valence-corrected chi connectivity index (χ0v) is 22.5. The normalized spacial score (nSPS) is 10.9. The van der Waals surface area contributed by atoms with Crippen LogP contribution in [0.2, 0.25) is 0 Å². The van der Waals surface area contributed by atoms with E-state index < -0.39 is 35.7 Å². The summed E-state index contributed by atoms with van der Waals surface area (Å²) < 4.78 is 0. The van der Waals surface area contributed by atoms with E-state index >= 15 is 0 Å². The highest BCUT2D eigenvalue weighted by Crippen LogP contribution is 1.89. The third-order valence-corrected chi connectivity index (χ3v) is 4.13. The van der Waals surface area contributed by atoms with Crippen molar-refractivity contribution < 1.29 is 28.8 Å². The van der Waals surface area contributed by atoms with Crippen LogP contribution in [-0.2, 0) is 28.8 Å². The molecule has 17 heteroatoms. The van der Waals surface area contributed by atoms with Gasteiger partial charge in [0, 0.05) is 25.0 Å². The van der Waals surface area contributed by atoms with Gasteiger partial charge in [0.25, 0.3) is 0 Å². The SMILES string of the molecule is CC(=O)C(CS)NC(=O)CNC(=O)CNC(=O)CNC(=O)C(N)CS.CC(N)=O.CCCN=C(N)N. The Morgan fingerprint density at radius 3 is 1.58 bits per heavy atom. The minimum absolute atomic E-state index is 0.135. The van der Waals surface area contributed by atoms with Gasteiger partial charge < -0.3 is 44.2 Å². The van der Waals surface area contributed by atoms with Crippen molar-refractivity contribution in [1.82, 2.24) is 21.3 Å². The Labute approximate surface area is 221 Å². The quantitative estimate of drug-likeness (QED) is 0.0600. The zero-order valence-electron chi connectivity index (χ0n) is 20.7. The van der Waals surface area contributed by atoms with Crippen molar-refractivity contribution in [3.05, 3.63) is 0 Å². The summed E-state index contributed by atoms with van der Waals surface area (Å²) in [5, 5.41) is 9.23. The first kappa shape index (κ1) is 37.5. The number of rotatable bonds is 13. The number of carbonyl (C=O) groups excluding carboxylic acids is 6. The van der Waals surface area contributed by atoms with Crippen LogP contribution in [0.25, 0.3) is 0 Å². The van der Waals surface area contributed by atoms with Gasteiger partial charge in [-0.05, 0) is 13.3 Å². The van der Waals surface area contributed by atoms with E-state index in [1.807, 2.05) is 6.92 Å². The second kappa shape index (κ2) is 23.7. The number of amides is 5. The summed E-state index contributed by atoms with van der Waals surface area (Å²) in [6.45, 7) is 4.32. The van der Waals surface area contributed by atoms with Gasteiger partial charge in [0.05, 0.1) is 31.7 Å². The van der Waals surface area contributed by atoms with Gasteiger partial charge in [-0.1, -0.05) is 6.92 Å². The van der Waals surface area contributed by atoms with E-state index in [2.05, 4.69) is 57.3 Å². The van der Waals surface area contributed by atoms with Crippen LogP contribution in [0.4, 0.5) is 0 Å². The molecule has 0 aliphatic rings. The molecule has 0 spiro atoms. The van der Waals surface area contributed by atoms with Gasteiger partial charge in [0.15, 0.2) is 11.7 Å². The van der Waals surface area contributed by atoms with E-state index in [4.69, 9.17) is 17.2 Å². The van der Waals surface area contributed by atoms with E-state index in [-0.39, 0.29) is 48.8 Å². The van der Waals surface area contributed by atoms with Crippen LogP contribution in [-0.4, -0.2) is 91.0 Å². The average Bonchev–Trinajstić information content (AvgIpc) is 2.80. The Hall–Kier alpha value is -3.05. The maximum Gasteiger partial charge on any atom is 0.240 e. The van der Waals surface area contributed by atoms with Gasteiger partial charge >= 0.3 is 0 Å². The molecule has 0 aromatic carbocycles. The first-order chi connectivity index (χ1) is 16.7. The third-order valence-electron chi connectivity index (χ3n) is 3.38. The number of thiol groups is 2. The van der Waals surface area contributed by atoms with Crippen molar-refractivity contribution in [2.24, 2.45) is 27.9 Å². The first-order valence-electron chi connectivity index (χ1n) is 10.6. The number of nitrogens with one attached hydrogen (secondary N) is 4. The number of primary amides is 1. The molecule has 0 aliphatic carbocycles. The topological polar surface area (TPSA) is 267 Å². The van der Waals surface area contributed by atoms with Crippen molar-refractivity contribution in [3.63, 3.8) is 0 Å². The summed E-state index contributed by atoms with van der Waals surface area (Å²) in [4.78, 5) is 70.0. The van der Waals surface area contributed by atoms with Crippen LogP contribution >= 0.6 is 25.3 Å². The fourth-order valence-electron chi connectivity index (χ4n) is 1.63. The molecule has 15 nitrogen and oxygen atoms in total. The lowest BCUT2D eigenvalue weighted by Gasteiger charge is -2.13. The van der Waals surface area contributed by atoms with E-state index in [1.54, 1.807) is 0 Å². The minimum Gasteiger partial charge on any atom is -0.370 e. The molecule has 0 fully saturated rings. The number of hydrogen-bond donors (Lipinski definition) is 10. The van der Waals surface area contributed by atoms with Gasteiger partial charge in [0.2, 0.25) is 29.5 Å². The smallest absolute Gasteiger partial charge is 0.240 e. The number of carbonyl (C=O) groups is 6. The Balaban J connectivity index is -0.000000819. The van der Waals surface area contributed by atoms with Gasteiger partial charge in [0.1, 0.15) is 0 Å². The Bertz CT molecular complexity index is 745. The molecule has 0 rings (SSSR count).